The van der Waals surface area contributed by atoms with Crippen LogP contribution in [0.2, 0.25) is 0 Å². The van der Waals surface area contributed by atoms with E-state index < -0.39 is 0 Å². The second-order valence-corrected chi connectivity index (χ2v) is 5.80. The van der Waals surface area contributed by atoms with E-state index in [2.05, 4.69) is 15.3 Å². The van der Waals surface area contributed by atoms with Gasteiger partial charge in [-0.25, -0.2) is 9.37 Å². The summed E-state index contributed by atoms with van der Waals surface area (Å²) in [6, 6.07) is 10.2. The minimum absolute atomic E-state index is 0.126. The second kappa shape index (κ2) is 7.11. The summed E-state index contributed by atoms with van der Waals surface area (Å²) >= 11 is 1.33. The van der Waals surface area contributed by atoms with Crippen molar-refractivity contribution < 1.29 is 9.18 Å². The molecule has 0 radical (unpaired) electrons. The minimum atomic E-state index is -0.311. The molecular formula is C17H14FN3OS. The number of benzene rings is 1. The third-order valence-electron chi connectivity index (χ3n) is 3.21. The van der Waals surface area contributed by atoms with Gasteiger partial charge in [-0.3, -0.25) is 9.78 Å². The summed E-state index contributed by atoms with van der Waals surface area (Å²) in [5.41, 5.74) is 2.03. The number of carbonyl (C=O) groups is 1. The van der Waals surface area contributed by atoms with Gasteiger partial charge >= 0.3 is 0 Å². The molecule has 3 rings (SSSR count). The monoisotopic (exact) mass is 327 g/mol. The van der Waals surface area contributed by atoms with Crippen molar-refractivity contribution in [1.82, 2.24) is 15.3 Å². The van der Waals surface area contributed by atoms with Crippen LogP contribution in [-0.4, -0.2) is 15.9 Å². The Kier molecular flexibility index (Phi) is 4.73. The normalized spacial score (nSPS) is 10.5. The van der Waals surface area contributed by atoms with Gasteiger partial charge in [0.25, 0.3) is 0 Å². The van der Waals surface area contributed by atoms with Crippen LogP contribution in [0.15, 0.2) is 54.2 Å². The lowest BCUT2D eigenvalue weighted by Crippen LogP contribution is -2.24. The Morgan fingerprint density at radius 1 is 1.22 bits per heavy atom. The maximum atomic E-state index is 13.7. The van der Waals surface area contributed by atoms with E-state index in [4.69, 9.17) is 0 Å². The van der Waals surface area contributed by atoms with Crippen molar-refractivity contribution in [3.05, 3.63) is 71.2 Å². The van der Waals surface area contributed by atoms with Crippen molar-refractivity contribution in [1.29, 1.82) is 0 Å². The third kappa shape index (κ3) is 3.98. The zero-order chi connectivity index (χ0) is 16.1. The van der Waals surface area contributed by atoms with Crippen molar-refractivity contribution in [3.8, 4) is 10.6 Å². The van der Waals surface area contributed by atoms with Crippen molar-refractivity contribution in [2.45, 2.75) is 13.0 Å². The predicted molar refractivity (Wildman–Crippen MR) is 87.3 cm³/mol. The lowest BCUT2D eigenvalue weighted by molar-refractivity contribution is -0.120. The topological polar surface area (TPSA) is 54.9 Å². The van der Waals surface area contributed by atoms with Gasteiger partial charge in [0.1, 0.15) is 10.8 Å². The number of nitrogens with zero attached hydrogens (tertiary/aromatic N) is 2. The average molecular weight is 327 g/mol. The molecule has 0 aliphatic carbocycles. The number of aromatic nitrogens is 2. The van der Waals surface area contributed by atoms with E-state index in [0.29, 0.717) is 22.8 Å². The number of rotatable bonds is 5. The molecule has 1 N–H and O–H groups in total. The average Bonchev–Trinajstić information content (AvgIpc) is 3.02. The number of hydrogen-bond donors (Lipinski definition) is 1. The van der Waals surface area contributed by atoms with Gasteiger partial charge in [-0.15, -0.1) is 11.3 Å². The standard InChI is InChI=1S/C17H14FN3OS/c18-15-6-2-1-5-14(15)17-21-13(11-23-17)8-16(22)20-10-12-4-3-7-19-9-12/h1-7,9,11H,8,10H2,(H,20,22). The molecule has 2 aromatic heterocycles. The minimum Gasteiger partial charge on any atom is -0.352 e. The first kappa shape index (κ1) is 15.3. The molecule has 116 valence electrons. The summed E-state index contributed by atoms with van der Waals surface area (Å²) in [6.07, 6.45) is 3.56. The second-order valence-electron chi connectivity index (χ2n) is 4.94. The Balaban J connectivity index is 1.61. The first-order chi connectivity index (χ1) is 11.2. The first-order valence-corrected chi connectivity index (χ1v) is 7.95. The van der Waals surface area contributed by atoms with E-state index >= 15 is 0 Å². The van der Waals surface area contributed by atoms with Crippen LogP contribution in [0.25, 0.3) is 10.6 Å². The van der Waals surface area contributed by atoms with Gasteiger partial charge in [-0.2, -0.15) is 0 Å². The summed E-state index contributed by atoms with van der Waals surface area (Å²) in [6.45, 7) is 0.428. The molecule has 2 heterocycles. The Bertz CT molecular complexity index is 804. The highest BCUT2D eigenvalue weighted by Crippen LogP contribution is 2.26. The van der Waals surface area contributed by atoms with E-state index in [-0.39, 0.29) is 18.1 Å². The molecule has 0 atom stereocenters. The molecule has 0 spiro atoms. The highest BCUT2D eigenvalue weighted by molar-refractivity contribution is 7.13. The molecule has 0 saturated heterocycles. The molecule has 0 fully saturated rings. The van der Waals surface area contributed by atoms with Crippen LogP contribution in [-0.2, 0) is 17.8 Å². The van der Waals surface area contributed by atoms with Crippen LogP contribution in [0.5, 0.6) is 0 Å². The van der Waals surface area contributed by atoms with E-state index in [1.165, 1.54) is 17.4 Å². The Labute approximate surface area is 137 Å². The highest BCUT2D eigenvalue weighted by atomic mass is 32.1. The number of carbonyl (C=O) groups excluding carboxylic acids is 1. The summed E-state index contributed by atoms with van der Waals surface area (Å²) in [4.78, 5) is 20.3. The van der Waals surface area contributed by atoms with Gasteiger partial charge in [0, 0.05) is 29.9 Å². The van der Waals surface area contributed by atoms with Crippen molar-refractivity contribution >= 4 is 17.2 Å². The maximum absolute atomic E-state index is 13.7. The number of amides is 1. The molecular weight excluding hydrogens is 313 g/mol. The quantitative estimate of drug-likeness (QED) is 0.783. The zero-order valence-electron chi connectivity index (χ0n) is 12.2. The Hall–Kier alpha value is -2.60. The van der Waals surface area contributed by atoms with Crippen LogP contribution in [0, 0.1) is 5.82 Å². The van der Waals surface area contributed by atoms with E-state index in [1.54, 1.807) is 36.0 Å². The first-order valence-electron chi connectivity index (χ1n) is 7.07. The maximum Gasteiger partial charge on any atom is 0.226 e. The van der Waals surface area contributed by atoms with Gasteiger partial charge in [-0.05, 0) is 23.8 Å². The van der Waals surface area contributed by atoms with E-state index in [1.807, 2.05) is 12.1 Å². The highest BCUT2D eigenvalue weighted by Gasteiger charge is 2.11. The van der Waals surface area contributed by atoms with Crippen LogP contribution >= 0.6 is 11.3 Å². The fourth-order valence-electron chi connectivity index (χ4n) is 2.08. The fourth-order valence-corrected chi connectivity index (χ4v) is 2.92. The van der Waals surface area contributed by atoms with Crippen molar-refractivity contribution in [2.75, 3.05) is 0 Å². The number of thiazole rings is 1. The number of nitrogens with one attached hydrogen (secondary N) is 1. The molecule has 0 saturated carbocycles. The van der Waals surface area contributed by atoms with Gasteiger partial charge < -0.3 is 5.32 Å². The molecule has 23 heavy (non-hydrogen) atoms. The molecule has 1 amide bonds. The van der Waals surface area contributed by atoms with Gasteiger partial charge in [0.2, 0.25) is 5.91 Å². The fraction of sp³-hybridized carbons (Fsp3) is 0.118. The SMILES string of the molecule is O=C(Cc1csc(-c2ccccc2F)n1)NCc1cccnc1. The van der Waals surface area contributed by atoms with Gasteiger partial charge in [-0.1, -0.05) is 18.2 Å². The van der Waals surface area contributed by atoms with Crippen LogP contribution in [0.1, 0.15) is 11.3 Å². The summed E-state index contributed by atoms with van der Waals surface area (Å²) < 4.78 is 13.7. The zero-order valence-corrected chi connectivity index (χ0v) is 13.0. The number of pyridine rings is 1. The Morgan fingerprint density at radius 2 is 2.09 bits per heavy atom. The number of halogens is 1. The smallest absolute Gasteiger partial charge is 0.226 e. The third-order valence-corrected chi connectivity index (χ3v) is 4.13. The largest absolute Gasteiger partial charge is 0.352 e. The summed E-state index contributed by atoms with van der Waals surface area (Å²) in [5.74, 6) is -0.436. The van der Waals surface area contributed by atoms with Crippen molar-refractivity contribution in [3.63, 3.8) is 0 Å². The summed E-state index contributed by atoms with van der Waals surface area (Å²) in [7, 11) is 0. The molecule has 0 aliphatic rings. The lowest BCUT2D eigenvalue weighted by Gasteiger charge is -2.03. The van der Waals surface area contributed by atoms with Gasteiger partial charge in [0.05, 0.1) is 12.1 Å². The predicted octanol–water partition coefficient (Wildman–Crippen LogP) is 3.20. The molecule has 1 aromatic carbocycles. The van der Waals surface area contributed by atoms with Gasteiger partial charge in [0.15, 0.2) is 0 Å². The molecule has 0 bridgehead atoms. The van der Waals surface area contributed by atoms with Crippen LogP contribution in [0.4, 0.5) is 4.39 Å². The van der Waals surface area contributed by atoms with Crippen molar-refractivity contribution in [2.24, 2.45) is 0 Å². The van der Waals surface area contributed by atoms with E-state index in [0.717, 1.165) is 5.56 Å². The molecule has 4 nitrogen and oxygen atoms in total. The Morgan fingerprint density at radius 3 is 2.87 bits per heavy atom. The molecule has 0 unspecified atom stereocenters. The number of hydrogen-bond acceptors (Lipinski definition) is 4. The summed E-state index contributed by atoms with van der Waals surface area (Å²) in [5, 5.41) is 5.18. The molecule has 3 aromatic rings. The van der Waals surface area contributed by atoms with Crippen LogP contribution < -0.4 is 5.32 Å². The van der Waals surface area contributed by atoms with Crippen LogP contribution in [0.3, 0.4) is 0 Å². The molecule has 6 heteroatoms. The van der Waals surface area contributed by atoms with E-state index in [9.17, 15) is 9.18 Å². The molecule has 0 aliphatic heterocycles. The lowest BCUT2D eigenvalue weighted by atomic mass is 10.2.